The van der Waals surface area contributed by atoms with E-state index < -0.39 is 5.72 Å². The fourth-order valence-electron chi connectivity index (χ4n) is 2.67. The van der Waals surface area contributed by atoms with Crippen LogP contribution in [0, 0.1) is 0 Å². The number of nitrogens with zero attached hydrogens (tertiary/aromatic N) is 1. The standard InChI is InChI=1S/C18H20N2OS/c1-2-16-18(21,15-11-7-4-8-12-15)20-19-17(22-16)13-14-9-5-3-6-10-14/h3-12,16,20-21H,2,13H2,1H3. The summed E-state index contributed by atoms with van der Waals surface area (Å²) in [5.41, 5.74) is 3.99. The summed E-state index contributed by atoms with van der Waals surface area (Å²) < 4.78 is 0. The SMILES string of the molecule is CCC1SC(Cc2ccccc2)=NNC1(O)c1ccccc1. The Hall–Kier alpha value is -1.78. The molecule has 0 saturated carbocycles. The molecule has 0 aromatic heterocycles. The molecule has 0 radical (unpaired) electrons. The third-order valence-corrected chi connectivity index (χ3v) is 5.34. The van der Waals surface area contributed by atoms with E-state index >= 15 is 0 Å². The molecule has 114 valence electrons. The lowest BCUT2D eigenvalue weighted by Gasteiger charge is -2.38. The molecule has 0 aliphatic carbocycles. The zero-order valence-electron chi connectivity index (χ0n) is 12.6. The second-order valence-corrected chi connectivity index (χ2v) is 6.70. The van der Waals surface area contributed by atoms with Crippen LogP contribution in [-0.2, 0) is 12.1 Å². The van der Waals surface area contributed by atoms with Crippen LogP contribution < -0.4 is 5.43 Å². The Morgan fingerprint density at radius 2 is 1.73 bits per heavy atom. The molecule has 0 bridgehead atoms. The van der Waals surface area contributed by atoms with E-state index in [-0.39, 0.29) is 5.25 Å². The number of nitrogens with one attached hydrogen (secondary N) is 1. The van der Waals surface area contributed by atoms with E-state index in [9.17, 15) is 5.11 Å². The van der Waals surface area contributed by atoms with E-state index in [0.717, 1.165) is 23.4 Å². The number of hydrogen-bond donors (Lipinski definition) is 2. The summed E-state index contributed by atoms with van der Waals surface area (Å²) in [6.07, 6.45) is 1.65. The van der Waals surface area contributed by atoms with E-state index in [1.165, 1.54) is 5.56 Å². The van der Waals surface area contributed by atoms with Gasteiger partial charge in [0.2, 0.25) is 0 Å². The Balaban J connectivity index is 1.82. The Bertz CT molecular complexity index is 645. The number of thioether (sulfide) groups is 1. The molecule has 22 heavy (non-hydrogen) atoms. The third kappa shape index (κ3) is 3.03. The monoisotopic (exact) mass is 312 g/mol. The van der Waals surface area contributed by atoms with E-state index in [1.54, 1.807) is 11.8 Å². The van der Waals surface area contributed by atoms with E-state index in [1.807, 2.05) is 48.5 Å². The van der Waals surface area contributed by atoms with Crippen molar-refractivity contribution in [3.8, 4) is 0 Å². The van der Waals surface area contributed by atoms with Crippen molar-refractivity contribution in [3.63, 3.8) is 0 Å². The van der Waals surface area contributed by atoms with Gasteiger partial charge in [0.15, 0.2) is 5.72 Å². The van der Waals surface area contributed by atoms with Crippen molar-refractivity contribution in [2.24, 2.45) is 5.10 Å². The fraction of sp³-hybridized carbons (Fsp3) is 0.278. The Labute approximate surface area is 135 Å². The lowest BCUT2D eigenvalue weighted by atomic mass is 9.98. The first-order valence-corrected chi connectivity index (χ1v) is 8.42. The summed E-state index contributed by atoms with van der Waals surface area (Å²) in [6.45, 7) is 2.10. The van der Waals surface area contributed by atoms with Crippen molar-refractivity contribution in [1.29, 1.82) is 0 Å². The number of benzene rings is 2. The van der Waals surface area contributed by atoms with Crippen LogP contribution in [0.5, 0.6) is 0 Å². The second-order valence-electron chi connectivity index (χ2n) is 5.43. The highest BCUT2D eigenvalue weighted by Gasteiger charge is 2.41. The number of hydrogen-bond acceptors (Lipinski definition) is 4. The number of hydrazone groups is 1. The van der Waals surface area contributed by atoms with Crippen LogP contribution in [0.25, 0.3) is 0 Å². The van der Waals surface area contributed by atoms with Gasteiger partial charge in [-0.05, 0) is 12.0 Å². The molecule has 2 aromatic carbocycles. The third-order valence-electron chi connectivity index (χ3n) is 3.88. The molecule has 2 atom stereocenters. The largest absolute Gasteiger partial charge is 0.365 e. The zero-order valence-corrected chi connectivity index (χ0v) is 13.4. The molecule has 1 heterocycles. The summed E-state index contributed by atoms with van der Waals surface area (Å²) in [5, 5.41) is 16.5. The molecule has 4 heteroatoms. The van der Waals surface area contributed by atoms with Gasteiger partial charge in [0.1, 0.15) is 0 Å². The van der Waals surface area contributed by atoms with Crippen molar-refractivity contribution in [1.82, 2.24) is 5.43 Å². The molecule has 2 N–H and O–H groups in total. The van der Waals surface area contributed by atoms with E-state index in [4.69, 9.17) is 0 Å². The molecule has 1 aliphatic heterocycles. The van der Waals surface area contributed by atoms with Gasteiger partial charge in [0.05, 0.1) is 10.3 Å². The first-order valence-electron chi connectivity index (χ1n) is 7.54. The molecule has 0 saturated heterocycles. The van der Waals surface area contributed by atoms with Gasteiger partial charge in [0.25, 0.3) is 0 Å². The van der Waals surface area contributed by atoms with Crippen molar-refractivity contribution < 1.29 is 5.11 Å². The minimum Gasteiger partial charge on any atom is -0.365 e. The summed E-state index contributed by atoms with van der Waals surface area (Å²) in [6, 6.07) is 20.0. The van der Waals surface area contributed by atoms with Gasteiger partial charge in [-0.3, -0.25) is 5.43 Å². The fourth-order valence-corrected chi connectivity index (χ4v) is 3.87. The maximum Gasteiger partial charge on any atom is 0.189 e. The summed E-state index contributed by atoms with van der Waals surface area (Å²) in [5.74, 6) is 0. The van der Waals surface area contributed by atoms with Crippen molar-refractivity contribution in [2.45, 2.75) is 30.7 Å². The molecule has 3 nitrogen and oxygen atoms in total. The van der Waals surface area contributed by atoms with Crippen molar-refractivity contribution in [3.05, 3.63) is 71.8 Å². The van der Waals surface area contributed by atoms with Gasteiger partial charge in [0, 0.05) is 12.0 Å². The lowest BCUT2D eigenvalue weighted by molar-refractivity contribution is -0.00297. The van der Waals surface area contributed by atoms with Gasteiger partial charge in [-0.15, -0.1) is 0 Å². The quantitative estimate of drug-likeness (QED) is 0.908. The Morgan fingerprint density at radius 1 is 1.09 bits per heavy atom. The molecule has 1 aliphatic rings. The minimum atomic E-state index is -1.11. The van der Waals surface area contributed by atoms with Gasteiger partial charge >= 0.3 is 0 Å². The van der Waals surface area contributed by atoms with Crippen LogP contribution in [0.4, 0.5) is 0 Å². The normalized spacial score (nSPS) is 24.5. The first kappa shape index (κ1) is 15.1. The minimum absolute atomic E-state index is 0.0334. The second kappa shape index (κ2) is 6.55. The number of aliphatic hydroxyl groups is 1. The highest BCUT2D eigenvalue weighted by molar-refractivity contribution is 8.14. The molecule has 3 rings (SSSR count). The topological polar surface area (TPSA) is 44.6 Å². The van der Waals surface area contributed by atoms with Crippen LogP contribution in [0.3, 0.4) is 0 Å². The Morgan fingerprint density at radius 3 is 2.36 bits per heavy atom. The van der Waals surface area contributed by atoms with E-state index in [2.05, 4.69) is 29.6 Å². The van der Waals surface area contributed by atoms with Gasteiger partial charge < -0.3 is 5.11 Å². The maximum absolute atomic E-state index is 11.0. The molecular weight excluding hydrogens is 292 g/mol. The molecular formula is C18H20N2OS. The van der Waals surface area contributed by atoms with Gasteiger partial charge in [-0.25, -0.2) is 0 Å². The molecule has 0 amide bonds. The zero-order chi connectivity index (χ0) is 15.4. The average Bonchev–Trinajstić information content (AvgIpc) is 2.58. The average molecular weight is 312 g/mol. The predicted molar refractivity (Wildman–Crippen MR) is 92.7 cm³/mol. The number of rotatable bonds is 4. The summed E-state index contributed by atoms with van der Waals surface area (Å²) in [4.78, 5) is 0. The molecule has 0 spiro atoms. The first-order chi connectivity index (χ1) is 10.7. The van der Waals surface area contributed by atoms with Crippen LogP contribution in [0.1, 0.15) is 24.5 Å². The molecule has 2 aromatic rings. The van der Waals surface area contributed by atoms with Gasteiger partial charge in [-0.1, -0.05) is 79.3 Å². The summed E-state index contributed by atoms with van der Waals surface area (Å²) in [7, 11) is 0. The van der Waals surface area contributed by atoms with Gasteiger partial charge in [-0.2, -0.15) is 5.10 Å². The Kier molecular flexibility index (Phi) is 4.50. The molecule has 0 fully saturated rings. The smallest absolute Gasteiger partial charge is 0.189 e. The summed E-state index contributed by atoms with van der Waals surface area (Å²) >= 11 is 1.67. The van der Waals surface area contributed by atoms with Crippen molar-refractivity contribution >= 4 is 16.8 Å². The predicted octanol–water partition coefficient (Wildman–Crippen LogP) is 3.50. The molecule has 2 unspecified atom stereocenters. The van der Waals surface area contributed by atoms with Crippen LogP contribution in [0.15, 0.2) is 65.8 Å². The highest BCUT2D eigenvalue weighted by Crippen LogP contribution is 2.37. The van der Waals surface area contributed by atoms with Crippen LogP contribution in [-0.4, -0.2) is 15.4 Å². The van der Waals surface area contributed by atoms with Crippen LogP contribution >= 0.6 is 11.8 Å². The van der Waals surface area contributed by atoms with Crippen molar-refractivity contribution in [2.75, 3.05) is 0 Å². The lowest BCUT2D eigenvalue weighted by Crippen LogP contribution is -2.51. The van der Waals surface area contributed by atoms with Crippen LogP contribution in [0.2, 0.25) is 0 Å². The maximum atomic E-state index is 11.0. The highest BCUT2D eigenvalue weighted by atomic mass is 32.2. The van der Waals surface area contributed by atoms with E-state index in [0.29, 0.717) is 0 Å².